The van der Waals surface area contributed by atoms with Crippen LogP contribution >= 0.6 is 0 Å². The highest BCUT2D eigenvalue weighted by molar-refractivity contribution is 5.97. The first-order valence-corrected chi connectivity index (χ1v) is 17.8. The van der Waals surface area contributed by atoms with E-state index in [0.29, 0.717) is 50.2 Å². The molecule has 2 aromatic heterocycles. The Morgan fingerprint density at radius 2 is 1.82 bits per heavy atom. The van der Waals surface area contributed by atoms with E-state index in [-0.39, 0.29) is 11.3 Å². The number of imidazole rings is 1. The van der Waals surface area contributed by atoms with E-state index in [1.807, 2.05) is 36.1 Å². The molecule has 1 unspecified atom stereocenters. The Morgan fingerprint density at radius 3 is 2.60 bits per heavy atom. The van der Waals surface area contributed by atoms with Gasteiger partial charge < -0.3 is 29.2 Å². The number of methoxy groups -OCH3 is 1. The lowest BCUT2D eigenvalue weighted by molar-refractivity contribution is 0.0776. The Kier molecular flexibility index (Phi) is 10.4. The quantitative estimate of drug-likeness (QED) is 0.165. The number of likely N-dealkylation sites (tertiary alicyclic amines) is 2. The average Bonchev–Trinajstić information content (AvgIpc) is 3.92. The van der Waals surface area contributed by atoms with Gasteiger partial charge in [0.05, 0.1) is 36.9 Å². The number of rotatable bonds is 14. The summed E-state index contributed by atoms with van der Waals surface area (Å²) in [7, 11) is 1.61. The smallest absolute Gasteiger partial charge is 0.257 e. The second-order valence-electron chi connectivity index (χ2n) is 13.4. The molecule has 0 saturated carbocycles. The van der Waals surface area contributed by atoms with E-state index >= 15 is 0 Å². The molecule has 2 aliphatic rings. The van der Waals surface area contributed by atoms with Crippen molar-refractivity contribution in [1.82, 2.24) is 39.6 Å². The van der Waals surface area contributed by atoms with Crippen molar-refractivity contribution in [2.45, 2.75) is 57.2 Å². The molecular formula is C38H47N9O3. The number of carbonyl (C=O) groups is 1. The molecule has 2 fully saturated rings. The Morgan fingerprint density at radius 1 is 1.00 bits per heavy atom. The zero-order valence-corrected chi connectivity index (χ0v) is 29.1. The summed E-state index contributed by atoms with van der Waals surface area (Å²) in [5, 5.41) is 15.2. The standard InChI is InChI=1S/C38H47N9O3/c1-3-50-24-23-47-34-12-8-7-11-33(34)41-37(47)40-31-15-19-44(20-16-31)21-17-38(30-9-5-4-6-10-30)18-22-45(27-38)36(48)32-25-29(13-14-35(32)49-2)26-46-28-39-42-43-46/h4-14,25,28,31H,3,15-24,26-27H2,1-2H3,(H,40,41). The fraction of sp³-hybridized carbons (Fsp3) is 0.447. The number of carbonyl (C=O) groups excluding carboxylic acids is 1. The highest BCUT2D eigenvalue weighted by atomic mass is 16.5. The minimum Gasteiger partial charge on any atom is -0.496 e. The van der Waals surface area contributed by atoms with Gasteiger partial charge in [-0.1, -0.05) is 48.5 Å². The van der Waals surface area contributed by atoms with Crippen LogP contribution in [0.25, 0.3) is 11.0 Å². The van der Waals surface area contributed by atoms with Crippen LogP contribution in [0.4, 0.5) is 5.95 Å². The Labute approximate surface area is 293 Å². The lowest BCUT2D eigenvalue weighted by Crippen LogP contribution is -2.42. The molecule has 5 aromatic rings. The zero-order chi connectivity index (χ0) is 34.3. The number of hydrogen-bond acceptors (Lipinski definition) is 9. The Balaban J connectivity index is 1.00. The fourth-order valence-electron chi connectivity index (χ4n) is 7.62. The molecule has 2 aliphatic heterocycles. The van der Waals surface area contributed by atoms with E-state index in [1.54, 1.807) is 18.1 Å². The molecule has 1 N–H and O–H groups in total. The van der Waals surface area contributed by atoms with Crippen LogP contribution in [0.15, 0.2) is 79.1 Å². The summed E-state index contributed by atoms with van der Waals surface area (Å²) < 4.78 is 15.2. The van der Waals surface area contributed by atoms with E-state index in [4.69, 9.17) is 14.5 Å². The molecule has 262 valence electrons. The molecule has 50 heavy (non-hydrogen) atoms. The first kappa shape index (κ1) is 33.7. The van der Waals surface area contributed by atoms with E-state index < -0.39 is 0 Å². The summed E-state index contributed by atoms with van der Waals surface area (Å²) in [6.45, 7) is 9.06. The third-order valence-corrected chi connectivity index (χ3v) is 10.4. The van der Waals surface area contributed by atoms with Gasteiger partial charge in [-0.15, -0.1) is 5.10 Å². The summed E-state index contributed by atoms with van der Waals surface area (Å²) in [6, 6.07) is 25.2. The van der Waals surface area contributed by atoms with Crippen molar-refractivity contribution in [3.8, 4) is 5.75 Å². The number of aromatic nitrogens is 6. The lowest BCUT2D eigenvalue weighted by atomic mass is 9.76. The van der Waals surface area contributed by atoms with Gasteiger partial charge in [0.25, 0.3) is 5.91 Å². The summed E-state index contributed by atoms with van der Waals surface area (Å²) >= 11 is 0. The van der Waals surface area contributed by atoms with Gasteiger partial charge in [0, 0.05) is 50.8 Å². The van der Waals surface area contributed by atoms with E-state index in [0.717, 1.165) is 74.4 Å². The predicted molar refractivity (Wildman–Crippen MR) is 192 cm³/mol. The van der Waals surface area contributed by atoms with Gasteiger partial charge in [-0.25, -0.2) is 9.67 Å². The first-order valence-electron chi connectivity index (χ1n) is 17.8. The van der Waals surface area contributed by atoms with Crippen LogP contribution in [0.5, 0.6) is 5.75 Å². The zero-order valence-electron chi connectivity index (χ0n) is 29.1. The fourth-order valence-corrected chi connectivity index (χ4v) is 7.62. The van der Waals surface area contributed by atoms with E-state index in [1.165, 1.54) is 5.56 Å². The van der Waals surface area contributed by atoms with Crippen LogP contribution in [0.2, 0.25) is 0 Å². The minimum absolute atomic E-state index is 0.00242. The molecule has 3 aromatic carbocycles. The van der Waals surface area contributed by atoms with Crippen molar-refractivity contribution in [1.29, 1.82) is 0 Å². The normalized spacial score (nSPS) is 18.6. The second-order valence-corrected chi connectivity index (χ2v) is 13.4. The first-order chi connectivity index (χ1) is 24.5. The number of benzene rings is 3. The van der Waals surface area contributed by atoms with Gasteiger partial charge in [0.2, 0.25) is 5.95 Å². The number of nitrogens with one attached hydrogen (secondary N) is 1. The third kappa shape index (κ3) is 7.36. The summed E-state index contributed by atoms with van der Waals surface area (Å²) in [6.07, 6.45) is 5.59. The molecular weight excluding hydrogens is 630 g/mol. The SMILES string of the molecule is CCOCCn1c(NC2CCN(CCC3(c4ccccc4)CCN(C(=O)c4cc(Cn5cnnn5)ccc4OC)C3)CC2)nc2ccccc21. The number of para-hydroxylation sites is 2. The Bertz CT molecular complexity index is 1850. The molecule has 0 radical (unpaired) electrons. The number of anilines is 1. The lowest BCUT2D eigenvalue weighted by Gasteiger charge is -2.36. The minimum atomic E-state index is -0.116. The van der Waals surface area contributed by atoms with Gasteiger partial charge in [-0.3, -0.25) is 4.79 Å². The molecule has 1 atom stereocenters. The second kappa shape index (κ2) is 15.4. The van der Waals surface area contributed by atoms with Crippen LogP contribution in [-0.2, 0) is 23.2 Å². The molecule has 0 spiro atoms. The molecule has 0 bridgehead atoms. The number of fused-ring (bicyclic) bond motifs is 1. The molecule has 12 heteroatoms. The largest absolute Gasteiger partial charge is 0.496 e. The highest BCUT2D eigenvalue weighted by Gasteiger charge is 2.42. The van der Waals surface area contributed by atoms with E-state index in [2.05, 4.69) is 78.8 Å². The number of piperidine rings is 1. The molecule has 2 saturated heterocycles. The summed E-state index contributed by atoms with van der Waals surface area (Å²) in [5.41, 5.74) is 4.85. The maximum atomic E-state index is 14.1. The number of nitrogens with zero attached hydrogens (tertiary/aromatic N) is 8. The van der Waals surface area contributed by atoms with Gasteiger partial charge in [0.15, 0.2) is 0 Å². The number of hydrogen-bond donors (Lipinski definition) is 1. The number of tetrazole rings is 1. The van der Waals surface area contributed by atoms with Crippen LogP contribution in [0.3, 0.4) is 0 Å². The molecule has 0 aliphatic carbocycles. The van der Waals surface area contributed by atoms with Crippen LogP contribution in [-0.4, -0.2) is 105 Å². The van der Waals surface area contributed by atoms with E-state index in [9.17, 15) is 4.79 Å². The van der Waals surface area contributed by atoms with Crippen molar-refractivity contribution in [2.24, 2.45) is 0 Å². The van der Waals surface area contributed by atoms with Crippen molar-refractivity contribution >= 4 is 22.9 Å². The molecule has 1 amide bonds. The van der Waals surface area contributed by atoms with Crippen molar-refractivity contribution in [3.05, 3.63) is 95.8 Å². The summed E-state index contributed by atoms with van der Waals surface area (Å²) in [5.74, 6) is 1.51. The van der Waals surface area contributed by atoms with Gasteiger partial charge in [-0.05, 0) is 85.0 Å². The molecule has 12 nitrogen and oxygen atoms in total. The summed E-state index contributed by atoms with van der Waals surface area (Å²) in [4.78, 5) is 23.7. The van der Waals surface area contributed by atoms with Crippen LogP contribution in [0.1, 0.15) is 54.1 Å². The maximum absolute atomic E-state index is 14.1. The van der Waals surface area contributed by atoms with Crippen molar-refractivity contribution in [3.63, 3.8) is 0 Å². The van der Waals surface area contributed by atoms with Gasteiger partial charge in [0.1, 0.15) is 12.1 Å². The van der Waals surface area contributed by atoms with Crippen LogP contribution in [0, 0.1) is 0 Å². The van der Waals surface area contributed by atoms with Crippen LogP contribution < -0.4 is 10.1 Å². The monoisotopic (exact) mass is 677 g/mol. The number of amides is 1. The average molecular weight is 678 g/mol. The maximum Gasteiger partial charge on any atom is 0.257 e. The van der Waals surface area contributed by atoms with Gasteiger partial charge in [-0.2, -0.15) is 0 Å². The molecule has 4 heterocycles. The highest BCUT2D eigenvalue weighted by Crippen LogP contribution is 2.39. The molecule has 7 rings (SSSR count). The van der Waals surface area contributed by atoms with Gasteiger partial charge >= 0.3 is 0 Å². The Hall–Kier alpha value is -4.81. The van der Waals surface area contributed by atoms with Crippen molar-refractivity contribution < 1.29 is 14.3 Å². The third-order valence-electron chi connectivity index (χ3n) is 10.4. The predicted octanol–water partition coefficient (Wildman–Crippen LogP) is 4.87. The number of ether oxygens (including phenoxy) is 2. The topological polar surface area (TPSA) is 115 Å². The van der Waals surface area contributed by atoms with Crippen molar-refractivity contribution in [2.75, 3.05) is 58.4 Å².